The van der Waals surface area contributed by atoms with Crippen molar-refractivity contribution < 1.29 is 19.1 Å². The number of amides is 2. The van der Waals surface area contributed by atoms with Crippen LogP contribution in [-0.4, -0.2) is 76.1 Å². The summed E-state index contributed by atoms with van der Waals surface area (Å²) in [6.07, 6.45) is 4.89. The molecule has 4 unspecified atom stereocenters. The van der Waals surface area contributed by atoms with Gasteiger partial charge in [-0.2, -0.15) is 0 Å². The van der Waals surface area contributed by atoms with Crippen LogP contribution in [-0.2, 0) is 17.8 Å². The van der Waals surface area contributed by atoms with Gasteiger partial charge < -0.3 is 25.5 Å². The van der Waals surface area contributed by atoms with Gasteiger partial charge in [0.05, 0.1) is 17.9 Å². The first-order valence-corrected chi connectivity index (χ1v) is 13.3. The normalized spacial score (nSPS) is 26.2. The van der Waals surface area contributed by atoms with Gasteiger partial charge in [-0.3, -0.25) is 9.59 Å². The summed E-state index contributed by atoms with van der Waals surface area (Å²) in [5.41, 5.74) is 2.96. The highest BCUT2D eigenvalue weighted by Gasteiger charge is 2.45. The zero-order chi connectivity index (χ0) is 25.9. The van der Waals surface area contributed by atoms with Crippen LogP contribution in [0, 0.1) is 11.7 Å². The van der Waals surface area contributed by atoms with E-state index >= 15 is 0 Å². The highest BCUT2D eigenvalue weighted by Crippen LogP contribution is 2.39. The fraction of sp³-hybridized carbons (Fsp3) is 0.536. The number of rotatable bonds is 3. The molecule has 2 bridgehead atoms. The van der Waals surface area contributed by atoms with Gasteiger partial charge in [-0.15, -0.1) is 0 Å². The third kappa shape index (κ3) is 5.78. The van der Waals surface area contributed by atoms with Crippen molar-refractivity contribution in [3.8, 4) is 0 Å². The first kappa shape index (κ1) is 25.6. The molecule has 198 valence electrons. The molecular formula is C28H36FN5O3. The molecule has 4 heterocycles. The number of β-amino-alcohol motifs (C(OH)–C–C–N with tert-alkyl or cyclic N) is 1. The lowest BCUT2D eigenvalue weighted by atomic mass is 10.0. The Balaban J connectivity index is 0.000000233. The number of anilines is 1. The van der Waals surface area contributed by atoms with E-state index in [1.165, 1.54) is 28.5 Å². The summed E-state index contributed by atoms with van der Waals surface area (Å²) in [4.78, 5) is 31.8. The van der Waals surface area contributed by atoms with E-state index in [2.05, 4.69) is 39.9 Å². The molecule has 8 nitrogen and oxygen atoms in total. The van der Waals surface area contributed by atoms with Gasteiger partial charge >= 0.3 is 0 Å². The third-order valence-electron chi connectivity index (χ3n) is 8.05. The Morgan fingerprint density at radius 2 is 2.00 bits per heavy atom. The summed E-state index contributed by atoms with van der Waals surface area (Å²) in [5.74, 6) is -0.127. The zero-order valence-corrected chi connectivity index (χ0v) is 21.3. The molecular weight excluding hydrogens is 473 g/mol. The van der Waals surface area contributed by atoms with Crippen LogP contribution in [0.15, 0.2) is 36.5 Å². The lowest BCUT2D eigenvalue weighted by Gasteiger charge is -2.32. The summed E-state index contributed by atoms with van der Waals surface area (Å²) >= 11 is 0. The van der Waals surface area contributed by atoms with Gasteiger partial charge in [0.25, 0.3) is 5.91 Å². The topological polar surface area (TPSA) is 97.8 Å². The molecule has 0 radical (unpaired) electrons. The van der Waals surface area contributed by atoms with E-state index in [0.29, 0.717) is 31.1 Å². The fourth-order valence-corrected chi connectivity index (χ4v) is 6.12. The van der Waals surface area contributed by atoms with E-state index < -0.39 is 17.8 Å². The molecule has 9 heteroatoms. The van der Waals surface area contributed by atoms with E-state index in [4.69, 9.17) is 0 Å². The number of hydrogen-bond acceptors (Lipinski definition) is 6. The first-order valence-electron chi connectivity index (χ1n) is 13.3. The number of fused-ring (bicyclic) bond motifs is 3. The Bertz CT molecular complexity index is 1120. The number of likely N-dealkylation sites (tertiary alicyclic amines) is 2. The number of halogens is 1. The van der Waals surface area contributed by atoms with Crippen molar-refractivity contribution in [3.63, 3.8) is 0 Å². The Labute approximate surface area is 217 Å². The van der Waals surface area contributed by atoms with Crippen molar-refractivity contribution in [3.05, 3.63) is 59.0 Å². The molecule has 4 atom stereocenters. The van der Waals surface area contributed by atoms with Gasteiger partial charge in [0.1, 0.15) is 5.82 Å². The number of nitrogens with zero attached hydrogens (tertiary/aromatic N) is 3. The largest absolute Gasteiger partial charge is 0.391 e. The molecule has 1 aromatic heterocycles. The number of nitrogens with one attached hydrogen (secondary N) is 2. The van der Waals surface area contributed by atoms with Gasteiger partial charge in [0.2, 0.25) is 5.91 Å². The minimum Gasteiger partial charge on any atom is -0.391 e. The van der Waals surface area contributed by atoms with Crippen molar-refractivity contribution in [2.24, 2.45) is 5.92 Å². The lowest BCUT2D eigenvalue weighted by molar-refractivity contribution is -0.130. The van der Waals surface area contributed by atoms with Crippen LogP contribution in [0.2, 0.25) is 0 Å². The number of aromatic nitrogens is 1. The van der Waals surface area contributed by atoms with Crippen LogP contribution in [0.25, 0.3) is 0 Å². The smallest absolute Gasteiger partial charge is 0.257 e. The van der Waals surface area contributed by atoms with Gasteiger partial charge in [0.15, 0.2) is 5.82 Å². The highest BCUT2D eigenvalue weighted by atomic mass is 19.1. The van der Waals surface area contributed by atoms with E-state index in [0.717, 1.165) is 38.7 Å². The molecule has 3 aliphatic heterocycles. The molecule has 2 amide bonds. The van der Waals surface area contributed by atoms with Crippen molar-refractivity contribution in [2.45, 2.75) is 63.8 Å². The van der Waals surface area contributed by atoms with Crippen LogP contribution in [0.5, 0.6) is 0 Å². The third-order valence-corrected chi connectivity index (χ3v) is 8.05. The average molecular weight is 510 g/mol. The SMILES string of the molecule is CC(=O)N1CC2CC1CC2Nc1cc(C(=O)N2CCCC(O)C2)c(F)cn1.c1ccc2c(c1)CCNC2. The van der Waals surface area contributed by atoms with Crippen LogP contribution in [0.4, 0.5) is 10.2 Å². The summed E-state index contributed by atoms with van der Waals surface area (Å²) in [6.45, 7) is 5.27. The van der Waals surface area contributed by atoms with E-state index in [1.807, 2.05) is 4.90 Å². The van der Waals surface area contributed by atoms with Crippen LogP contribution >= 0.6 is 0 Å². The number of hydrogen-bond donors (Lipinski definition) is 3. The number of carbonyl (C=O) groups excluding carboxylic acids is 2. The Morgan fingerprint density at radius 1 is 1.19 bits per heavy atom. The summed E-state index contributed by atoms with van der Waals surface area (Å²) < 4.78 is 14.2. The van der Waals surface area contributed by atoms with Crippen molar-refractivity contribution in [1.29, 1.82) is 0 Å². The van der Waals surface area contributed by atoms with E-state index in [-0.39, 0.29) is 30.1 Å². The van der Waals surface area contributed by atoms with Crippen molar-refractivity contribution >= 4 is 17.6 Å². The number of aliphatic hydroxyl groups is 1. The second-order valence-electron chi connectivity index (χ2n) is 10.6. The zero-order valence-electron chi connectivity index (χ0n) is 21.3. The highest BCUT2D eigenvalue weighted by molar-refractivity contribution is 5.95. The van der Waals surface area contributed by atoms with E-state index in [1.54, 1.807) is 6.92 Å². The Hall–Kier alpha value is -3.04. The molecule has 2 saturated heterocycles. The number of pyridine rings is 1. The summed E-state index contributed by atoms with van der Waals surface area (Å²) in [6, 6.07) is 10.5. The van der Waals surface area contributed by atoms with Gasteiger partial charge in [-0.1, -0.05) is 24.3 Å². The Morgan fingerprint density at radius 3 is 2.70 bits per heavy atom. The summed E-state index contributed by atoms with van der Waals surface area (Å²) in [5, 5.41) is 16.4. The molecule has 6 rings (SSSR count). The number of piperidine rings is 2. The predicted molar refractivity (Wildman–Crippen MR) is 139 cm³/mol. The van der Waals surface area contributed by atoms with Crippen LogP contribution < -0.4 is 10.6 Å². The molecule has 3 N–H and O–H groups in total. The molecule has 37 heavy (non-hydrogen) atoms. The lowest BCUT2D eigenvalue weighted by Crippen LogP contribution is -2.43. The van der Waals surface area contributed by atoms with Crippen LogP contribution in [0.1, 0.15) is 54.1 Å². The second kappa shape index (κ2) is 11.1. The minimum absolute atomic E-state index is 0.0184. The summed E-state index contributed by atoms with van der Waals surface area (Å²) in [7, 11) is 0. The molecule has 1 aromatic carbocycles. The second-order valence-corrected chi connectivity index (χ2v) is 10.6. The predicted octanol–water partition coefficient (Wildman–Crippen LogP) is 2.57. The number of carbonyl (C=O) groups is 2. The standard InChI is InChI=1S/C19H25FN4O3.C9H11N/c1-11(25)24-9-12-5-13(24)6-17(12)22-18-7-15(16(20)8-21-18)19(27)23-4-2-3-14(26)10-23;1-2-4-9-7-10-6-5-8(9)3-1/h7-8,12-14,17,26H,2-6,9-10H2,1H3,(H,21,22);1-4,10H,5-7H2. The first-order chi connectivity index (χ1) is 17.9. The molecule has 1 aliphatic carbocycles. The Kier molecular flexibility index (Phi) is 7.71. The number of aliphatic hydroxyl groups excluding tert-OH is 1. The van der Waals surface area contributed by atoms with Gasteiger partial charge in [0, 0.05) is 45.2 Å². The monoisotopic (exact) mass is 509 g/mol. The molecule has 1 saturated carbocycles. The minimum atomic E-state index is -0.652. The van der Waals surface area contributed by atoms with Crippen LogP contribution in [0.3, 0.4) is 0 Å². The van der Waals surface area contributed by atoms with Crippen molar-refractivity contribution in [2.75, 3.05) is 31.5 Å². The molecule has 4 aliphatic rings. The molecule has 0 spiro atoms. The van der Waals surface area contributed by atoms with Gasteiger partial charge in [-0.05, 0) is 61.8 Å². The maximum absolute atomic E-state index is 14.2. The van der Waals surface area contributed by atoms with E-state index in [9.17, 15) is 19.1 Å². The van der Waals surface area contributed by atoms with Gasteiger partial charge in [-0.25, -0.2) is 9.37 Å². The maximum atomic E-state index is 14.2. The van der Waals surface area contributed by atoms with Crippen molar-refractivity contribution in [1.82, 2.24) is 20.1 Å². The fourth-order valence-electron chi connectivity index (χ4n) is 6.12. The maximum Gasteiger partial charge on any atom is 0.257 e. The quantitative estimate of drug-likeness (QED) is 0.589. The molecule has 2 aromatic rings. The number of benzene rings is 1. The molecule has 3 fully saturated rings. The average Bonchev–Trinajstić information content (AvgIpc) is 3.51.